The number of nitrogens with one attached hydrogen (secondary N) is 1. The van der Waals surface area contributed by atoms with Gasteiger partial charge in [-0.2, -0.15) is 0 Å². The molecule has 0 aliphatic carbocycles. The zero-order valence-electron chi connectivity index (χ0n) is 15.0. The number of carbonyl (C=O) groups is 1. The summed E-state index contributed by atoms with van der Waals surface area (Å²) >= 11 is 0. The number of likely N-dealkylation sites (tertiary alicyclic amines) is 1. The van der Waals surface area contributed by atoms with Crippen molar-refractivity contribution in [2.45, 2.75) is 56.9 Å². The molecule has 1 amide bonds. The zero-order chi connectivity index (χ0) is 18.3. The van der Waals surface area contributed by atoms with E-state index >= 15 is 0 Å². The van der Waals surface area contributed by atoms with Gasteiger partial charge in [-0.15, -0.1) is 0 Å². The topological polar surface area (TPSA) is 75.7 Å². The van der Waals surface area contributed by atoms with E-state index in [9.17, 15) is 13.2 Å². The third-order valence-corrected chi connectivity index (χ3v) is 6.03. The fourth-order valence-corrected chi connectivity index (χ4v) is 4.01. The van der Waals surface area contributed by atoms with Gasteiger partial charge in [0.1, 0.15) is 5.75 Å². The summed E-state index contributed by atoms with van der Waals surface area (Å²) < 4.78 is 32.5. The maximum Gasteiger partial charge on any atom is 0.260 e. The van der Waals surface area contributed by atoms with E-state index in [1.54, 1.807) is 12.1 Å². The quantitative estimate of drug-likeness (QED) is 0.802. The molecule has 1 atom stereocenters. The fourth-order valence-electron chi connectivity index (χ4n) is 2.69. The smallest absolute Gasteiger partial charge is 0.260 e. The average Bonchev–Trinajstić information content (AvgIpc) is 2.89. The first-order chi connectivity index (χ1) is 11.9. The monoisotopic (exact) mass is 368 g/mol. The molecular formula is C18H28N2O4S. The van der Waals surface area contributed by atoms with Crippen LogP contribution >= 0.6 is 0 Å². The minimum absolute atomic E-state index is 0.0166. The predicted molar refractivity (Wildman–Crippen MR) is 97.1 cm³/mol. The van der Waals surface area contributed by atoms with Gasteiger partial charge in [0, 0.05) is 19.1 Å². The van der Waals surface area contributed by atoms with Crippen LogP contribution in [0.3, 0.4) is 0 Å². The Hall–Kier alpha value is -1.60. The molecule has 0 unspecified atom stereocenters. The van der Waals surface area contributed by atoms with E-state index in [0.717, 1.165) is 32.4 Å². The summed E-state index contributed by atoms with van der Waals surface area (Å²) in [6.07, 6.45) is 5.15. The highest BCUT2D eigenvalue weighted by molar-refractivity contribution is 7.89. The molecule has 0 spiro atoms. The summed E-state index contributed by atoms with van der Waals surface area (Å²) in [6.45, 7) is 5.31. The molecular weight excluding hydrogens is 340 g/mol. The Bertz CT molecular complexity index is 650. The van der Waals surface area contributed by atoms with Crippen LogP contribution in [0.25, 0.3) is 0 Å². The van der Waals surface area contributed by atoms with Crippen LogP contribution in [-0.4, -0.2) is 45.0 Å². The van der Waals surface area contributed by atoms with Crippen molar-refractivity contribution in [3.8, 4) is 5.75 Å². The third-order valence-electron chi connectivity index (χ3n) is 4.42. The van der Waals surface area contributed by atoms with E-state index in [2.05, 4.69) is 4.72 Å². The lowest BCUT2D eigenvalue weighted by molar-refractivity contribution is -0.133. The summed E-state index contributed by atoms with van der Waals surface area (Å²) in [5.74, 6) is 0.475. The highest BCUT2D eigenvalue weighted by Crippen LogP contribution is 2.17. The maximum absolute atomic E-state index is 12.2. The lowest BCUT2D eigenvalue weighted by Gasteiger charge is -2.20. The van der Waals surface area contributed by atoms with Crippen molar-refractivity contribution in [1.29, 1.82) is 0 Å². The largest absolute Gasteiger partial charge is 0.484 e. The Labute approximate surface area is 150 Å². The molecule has 1 N–H and O–H groups in total. The second kappa shape index (κ2) is 9.20. The molecule has 1 saturated heterocycles. The fraction of sp³-hybridized carbons (Fsp3) is 0.611. The molecule has 0 aromatic heterocycles. The molecule has 7 heteroatoms. The maximum atomic E-state index is 12.2. The summed E-state index contributed by atoms with van der Waals surface area (Å²) in [7, 11) is -3.52. The molecule has 0 saturated carbocycles. The van der Waals surface area contributed by atoms with Gasteiger partial charge in [-0.1, -0.05) is 19.8 Å². The Morgan fingerprint density at radius 1 is 1.16 bits per heavy atom. The minimum atomic E-state index is -3.52. The lowest BCUT2D eigenvalue weighted by atomic mass is 10.2. The van der Waals surface area contributed by atoms with Crippen molar-refractivity contribution in [1.82, 2.24) is 9.62 Å². The zero-order valence-corrected chi connectivity index (χ0v) is 15.8. The SMILES string of the molecule is CC[C@H](C)NS(=O)(=O)c1ccc(OCC(=O)N2CCCCCC2)cc1. The minimum Gasteiger partial charge on any atom is -0.484 e. The summed E-state index contributed by atoms with van der Waals surface area (Å²) in [5, 5.41) is 0. The summed E-state index contributed by atoms with van der Waals surface area (Å²) in [5.41, 5.74) is 0. The number of nitrogens with zero attached hydrogens (tertiary/aromatic N) is 1. The summed E-state index contributed by atoms with van der Waals surface area (Å²) in [4.78, 5) is 14.2. The van der Waals surface area contributed by atoms with Crippen LogP contribution in [0, 0.1) is 0 Å². The average molecular weight is 368 g/mol. The van der Waals surface area contributed by atoms with Gasteiger partial charge in [0.05, 0.1) is 4.90 Å². The number of hydrogen-bond donors (Lipinski definition) is 1. The second-order valence-corrected chi connectivity index (χ2v) is 8.20. The van der Waals surface area contributed by atoms with Gasteiger partial charge >= 0.3 is 0 Å². The van der Waals surface area contributed by atoms with E-state index in [0.29, 0.717) is 5.75 Å². The van der Waals surface area contributed by atoms with Gasteiger partial charge in [-0.3, -0.25) is 4.79 Å². The van der Waals surface area contributed by atoms with Gasteiger partial charge in [0.2, 0.25) is 10.0 Å². The van der Waals surface area contributed by atoms with Gasteiger partial charge in [-0.05, 0) is 50.5 Å². The molecule has 140 valence electrons. The molecule has 2 rings (SSSR count). The third kappa shape index (κ3) is 6.01. The van der Waals surface area contributed by atoms with Gasteiger partial charge in [0.25, 0.3) is 5.91 Å². The highest BCUT2D eigenvalue weighted by atomic mass is 32.2. The Morgan fingerprint density at radius 3 is 2.32 bits per heavy atom. The first kappa shape index (κ1) is 19.7. The molecule has 1 fully saturated rings. The van der Waals surface area contributed by atoms with E-state index in [1.165, 1.54) is 25.0 Å². The number of amides is 1. The first-order valence-corrected chi connectivity index (χ1v) is 10.4. The van der Waals surface area contributed by atoms with Crippen molar-refractivity contribution in [3.63, 3.8) is 0 Å². The Kier molecular flexibility index (Phi) is 7.25. The molecule has 1 heterocycles. The Balaban J connectivity index is 1.90. The molecule has 1 aromatic carbocycles. The predicted octanol–water partition coefficient (Wildman–Crippen LogP) is 2.54. The molecule has 6 nitrogen and oxygen atoms in total. The molecule has 1 aromatic rings. The lowest BCUT2D eigenvalue weighted by Crippen LogP contribution is -2.35. The van der Waals surface area contributed by atoms with Crippen LogP contribution in [0.1, 0.15) is 46.0 Å². The number of carbonyl (C=O) groups excluding carboxylic acids is 1. The van der Waals surface area contributed by atoms with Crippen molar-refractivity contribution < 1.29 is 17.9 Å². The van der Waals surface area contributed by atoms with Crippen LogP contribution in [0.5, 0.6) is 5.75 Å². The Morgan fingerprint density at radius 2 is 1.76 bits per heavy atom. The van der Waals surface area contributed by atoms with E-state index in [4.69, 9.17) is 4.74 Å². The molecule has 25 heavy (non-hydrogen) atoms. The number of hydrogen-bond acceptors (Lipinski definition) is 4. The van der Waals surface area contributed by atoms with Crippen LogP contribution < -0.4 is 9.46 Å². The number of ether oxygens (including phenoxy) is 1. The number of sulfonamides is 1. The number of benzene rings is 1. The van der Waals surface area contributed by atoms with Crippen LogP contribution in [0.2, 0.25) is 0 Å². The van der Waals surface area contributed by atoms with Crippen molar-refractivity contribution >= 4 is 15.9 Å². The van der Waals surface area contributed by atoms with E-state index < -0.39 is 10.0 Å². The normalized spacial score (nSPS) is 17.0. The van der Waals surface area contributed by atoms with E-state index in [-0.39, 0.29) is 23.5 Å². The first-order valence-electron chi connectivity index (χ1n) is 8.95. The van der Waals surface area contributed by atoms with Gasteiger partial charge < -0.3 is 9.64 Å². The second-order valence-electron chi connectivity index (χ2n) is 6.49. The van der Waals surface area contributed by atoms with Gasteiger partial charge in [-0.25, -0.2) is 13.1 Å². The number of rotatable bonds is 7. The highest BCUT2D eigenvalue weighted by Gasteiger charge is 2.18. The molecule has 0 radical (unpaired) electrons. The van der Waals surface area contributed by atoms with Crippen molar-refractivity contribution in [3.05, 3.63) is 24.3 Å². The standard InChI is InChI=1S/C18H28N2O4S/c1-3-15(2)19-25(22,23)17-10-8-16(9-11-17)24-14-18(21)20-12-6-4-5-7-13-20/h8-11,15,19H,3-7,12-14H2,1-2H3/t15-/m0/s1. The molecule has 0 bridgehead atoms. The van der Waals surface area contributed by atoms with Crippen molar-refractivity contribution in [2.75, 3.05) is 19.7 Å². The van der Waals surface area contributed by atoms with Crippen molar-refractivity contribution in [2.24, 2.45) is 0 Å². The van der Waals surface area contributed by atoms with Crippen LogP contribution in [-0.2, 0) is 14.8 Å². The van der Waals surface area contributed by atoms with Crippen LogP contribution in [0.15, 0.2) is 29.2 Å². The molecule has 1 aliphatic heterocycles. The van der Waals surface area contributed by atoms with Gasteiger partial charge in [0.15, 0.2) is 6.61 Å². The van der Waals surface area contributed by atoms with Crippen LogP contribution in [0.4, 0.5) is 0 Å². The summed E-state index contributed by atoms with van der Waals surface area (Å²) in [6, 6.07) is 6.04. The molecule has 1 aliphatic rings. The van der Waals surface area contributed by atoms with E-state index in [1.807, 2.05) is 18.7 Å².